The van der Waals surface area contributed by atoms with E-state index >= 15 is 0 Å². The first-order valence-electron chi connectivity index (χ1n) is 7.82. The number of primary sulfonamides is 1. The third-order valence-electron chi connectivity index (χ3n) is 3.23. The average molecular weight is 470 g/mol. The fourth-order valence-electron chi connectivity index (χ4n) is 2.02. The van der Waals surface area contributed by atoms with E-state index in [0.717, 1.165) is 17.8 Å². The van der Waals surface area contributed by atoms with Gasteiger partial charge in [-0.15, -0.1) is 0 Å². The second kappa shape index (κ2) is 9.40. The van der Waals surface area contributed by atoms with Crippen molar-refractivity contribution in [1.29, 1.82) is 5.41 Å². The lowest BCUT2D eigenvalue weighted by atomic mass is 10.1. The third kappa shape index (κ3) is 6.96. The molecule has 0 saturated heterocycles. The minimum atomic E-state index is -4.91. The maximum atomic E-state index is 13.3. The molecule has 0 aliphatic carbocycles. The number of sulfonamides is 1. The predicted octanol–water partition coefficient (Wildman–Crippen LogP) is 1.16. The first-order chi connectivity index (χ1) is 13.9. The summed E-state index contributed by atoms with van der Waals surface area (Å²) in [5.74, 6) is -3.41. The Labute approximate surface area is 171 Å². The molecule has 1 aromatic carbocycles. The van der Waals surface area contributed by atoms with Gasteiger partial charge < -0.3 is 10.6 Å². The van der Waals surface area contributed by atoms with Crippen molar-refractivity contribution in [3.05, 3.63) is 35.3 Å². The predicted molar refractivity (Wildman–Crippen MR) is 97.9 cm³/mol. The second-order valence-corrected chi connectivity index (χ2v) is 8.31. The van der Waals surface area contributed by atoms with Gasteiger partial charge in [0.25, 0.3) is 0 Å². The number of hydrogen-bond donors (Lipinski definition) is 4. The van der Waals surface area contributed by atoms with Crippen LogP contribution in [0.1, 0.15) is 11.3 Å². The number of benzene rings is 1. The molecule has 0 radical (unpaired) electrons. The fraction of sp³-hybridized carbons (Fsp3) is 0.286. The van der Waals surface area contributed by atoms with Gasteiger partial charge in [-0.3, -0.25) is 10.2 Å². The van der Waals surface area contributed by atoms with Crippen molar-refractivity contribution < 1.29 is 35.4 Å². The molecule has 1 amide bonds. The minimum Gasteiger partial charge on any atom is -0.354 e. The van der Waals surface area contributed by atoms with Crippen molar-refractivity contribution in [3.8, 4) is 0 Å². The Morgan fingerprint density at radius 2 is 2.00 bits per heavy atom. The van der Waals surface area contributed by atoms with Gasteiger partial charge in [-0.05, 0) is 28.5 Å². The van der Waals surface area contributed by atoms with Crippen LogP contribution in [0.5, 0.6) is 0 Å². The molecule has 0 atom stereocenters. The average Bonchev–Trinajstić information content (AvgIpc) is 3.06. The Morgan fingerprint density at radius 1 is 1.30 bits per heavy atom. The molecule has 0 aliphatic heterocycles. The number of thioether (sulfide) groups is 1. The van der Waals surface area contributed by atoms with Gasteiger partial charge in [0, 0.05) is 18.0 Å². The van der Waals surface area contributed by atoms with Crippen molar-refractivity contribution in [2.45, 2.75) is 11.2 Å². The number of halogens is 4. The zero-order valence-corrected chi connectivity index (χ0v) is 16.4. The Morgan fingerprint density at radius 3 is 2.63 bits per heavy atom. The molecule has 5 N–H and O–H groups in total. The highest BCUT2D eigenvalue weighted by atomic mass is 32.2. The number of nitrogens with two attached hydrogens (primary N) is 1. The number of amides is 1. The molecule has 2 rings (SSSR count). The van der Waals surface area contributed by atoms with E-state index in [1.165, 1.54) is 0 Å². The van der Waals surface area contributed by atoms with Crippen molar-refractivity contribution >= 4 is 39.2 Å². The van der Waals surface area contributed by atoms with Crippen LogP contribution in [0.2, 0.25) is 0 Å². The highest BCUT2D eigenvalue weighted by Crippen LogP contribution is 2.33. The third-order valence-corrected chi connectivity index (χ3v) is 4.85. The molecule has 1 heterocycles. The minimum absolute atomic E-state index is 0.0268. The van der Waals surface area contributed by atoms with E-state index in [1.54, 1.807) is 0 Å². The molecule has 1 aromatic heterocycles. The van der Waals surface area contributed by atoms with Crippen LogP contribution >= 0.6 is 11.8 Å². The molecule has 0 spiro atoms. The highest BCUT2D eigenvalue weighted by molar-refractivity contribution is 7.99. The zero-order valence-electron chi connectivity index (χ0n) is 14.8. The SMILES string of the molecule is N=C(Nc1ccc(F)c(C(F)(F)F)c1)c1nonc1SCCNC(=O)CS(N)(=O)=O. The van der Waals surface area contributed by atoms with Crippen LogP contribution in [0.25, 0.3) is 0 Å². The lowest BCUT2D eigenvalue weighted by Gasteiger charge is -2.11. The van der Waals surface area contributed by atoms with Gasteiger partial charge in [-0.1, -0.05) is 11.8 Å². The highest BCUT2D eigenvalue weighted by Gasteiger charge is 2.34. The summed E-state index contributed by atoms with van der Waals surface area (Å²) < 4.78 is 77.8. The topological polar surface area (TPSA) is 164 Å². The summed E-state index contributed by atoms with van der Waals surface area (Å²) in [7, 11) is -3.95. The van der Waals surface area contributed by atoms with Gasteiger partial charge in [-0.25, -0.2) is 22.6 Å². The van der Waals surface area contributed by atoms with Crippen LogP contribution in [-0.2, 0) is 21.0 Å². The van der Waals surface area contributed by atoms with Gasteiger partial charge in [0.1, 0.15) is 11.6 Å². The first kappa shape index (κ1) is 23.6. The van der Waals surface area contributed by atoms with E-state index in [4.69, 9.17) is 10.5 Å². The number of aromatic nitrogens is 2. The van der Waals surface area contributed by atoms with Gasteiger partial charge in [0.15, 0.2) is 16.6 Å². The number of nitrogens with one attached hydrogen (secondary N) is 3. The number of amidine groups is 1. The van der Waals surface area contributed by atoms with Crippen LogP contribution in [0.15, 0.2) is 27.9 Å². The number of rotatable bonds is 8. The van der Waals surface area contributed by atoms with Gasteiger partial charge in [0.05, 0.1) is 5.56 Å². The molecule has 164 valence electrons. The number of hydrogen-bond acceptors (Lipinski definition) is 8. The Hall–Kier alpha value is -2.72. The molecular weight excluding hydrogens is 456 g/mol. The number of alkyl halides is 3. The van der Waals surface area contributed by atoms with E-state index in [0.29, 0.717) is 12.1 Å². The van der Waals surface area contributed by atoms with Crippen LogP contribution in [0, 0.1) is 11.2 Å². The number of carbonyl (C=O) groups excluding carboxylic acids is 1. The number of carbonyl (C=O) groups is 1. The van der Waals surface area contributed by atoms with Crippen molar-refractivity contribution in [2.75, 3.05) is 23.4 Å². The Balaban J connectivity index is 1.97. The monoisotopic (exact) mass is 470 g/mol. The largest absolute Gasteiger partial charge is 0.419 e. The maximum absolute atomic E-state index is 13.3. The smallest absolute Gasteiger partial charge is 0.354 e. The first-order valence-corrected chi connectivity index (χ1v) is 10.5. The zero-order chi connectivity index (χ0) is 22.5. The summed E-state index contributed by atoms with van der Waals surface area (Å²) in [5, 5.41) is 24.5. The summed E-state index contributed by atoms with van der Waals surface area (Å²) in [6.07, 6.45) is -4.91. The molecule has 10 nitrogen and oxygen atoms in total. The summed E-state index contributed by atoms with van der Waals surface area (Å²) in [6, 6.07) is 2.13. The van der Waals surface area contributed by atoms with Gasteiger partial charge in [0.2, 0.25) is 15.9 Å². The number of anilines is 1. The molecule has 16 heteroatoms. The Bertz CT molecular complexity index is 1040. The molecule has 0 bridgehead atoms. The molecule has 2 aromatic rings. The lowest BCUT2D eigenvalue weighted by Crippen LogP contribution is -2.34. The molecule has 0 fully saturated rings. The van der Waals surface area contributed by atoms with E-state index < -0.39 is 45.1 Å². The second-order valence-electron chi connectivity index (χ2n) is 5.62. The van der Waals surface area contributed by atoms with Crippen LogP contribution in [0.4, 0.5) is 23.2 Å². The summed E-state index contributed by atoms with van der Waals surface area (Å²) in [4.78, 5) is 11.3. The van der Waals surface area contributed by atoms with Crippen LogP contribution in [-0.4, -0.2) is 48.5 Å². The van der Waals surface area contributed by atoms with Crippen molar-refractivity contribution in [3.63, 3.8) is 0 Å². The molecular formula is C14H14F4N6O4S2. The van der Waals surface area contributed by atoms with E-state index in [1.807, 2.05) is 0 Å². The van der Waals surface area contributed by atoms with Crippen LogP contribution in [0.3, 0.4) is 0 Å². The summed E-state index contributed by atoms with van der Waals surface area (Å²) in [6.45, 7) is 0.0268. The summed E-state index contributed by atoms with van der Waals surface area (Å²) >= 11 is 0.979. The van der Waals surface area contributed by atoms with Gasteiger partial charge in [-0.2, -0.15) is 13.2 Å². The molecule has 0 saturated carbocycles. The normalized spacial score (nSPS) is 11.9. The Kier molecular flexibility index (Phi) is 7.38. The summed E-state index contributed by atoms with van der Waals surface area (Å²) in [5.41, 5.74) is -1.83. The van der Waals surface area contributed by atoms with E-state index in [-0.39, 0.29) is 28.7 Å². The fourth-order valence-corrected chi connectivity index (χ4v) is 3.25. The quantitative estimate of drug-likeness (QED) is 0.147. The molecule has 0 aliphatic rings. The van der Waals surface area contributed by atoms with Gasteiger partial charge >= 0.3 is 6.18 Å². The molecule has 30 heavy (non-hydrogen) atoms. The molecule has 0 unspecified atom stereocenters. The number of nitrogens with zero attached hydrogens (tertiary/aromatic N) is 2. The van der Waals surface area contributed by atoms with Crippen molar-refractivity contribution in [1.82, 2.24) is 15.6 Å². The van der Waals surface area contributed by atoms with E-state index in [2.05, 4.69) is 25.6 Å². The van der Waals surface area contributed by atoms with Crippen molar-refractivity contribution in [2.24, 2.45) is 5.14 Å². The van der Waals surface area contributed by atoms with E-state index in [9.17, 15) is 30.8 Å². The maximum Gasteiger partial charge on any atom is 0.419 e. The standard InChI is InChI=1S/C14H14F4N6O4S2/c15-9-2-1-7(5-8(9)14(16,17)18)22-12(19)11-13(24-28-23-11)29-4-3-21-10(25)6-30(20,26)27/h1-2,5H,3-4,6H2,(H2,19,22)(H,21,25)(H2,20,26,27). The van der Waals surface area contributed by atoms with Crippen LogP contribution < -0.4 is 15.8 Å². The lowest BCUT2D eigenvalue weighted by molar-refractivity contribution is -0.140.